The van der Waals surface area contributed by atoms with E-state index in [0.717, 1.165) is 0 Å². The zero-order valence-electron chi connectivity index (χ0n) is 13.4. The molecule has 2 atom stereocenters. The van der Waals surface area contributed by atoms with Crippen LogP contribution in [0.1, 0.15) is 41.7 Å². The van der Waals surface area contributed by atoms with Gasteiger partial charge in [-0.05, 0) is 43.0 Å². The lowest BCUT2D eigenvalue weighted by Crippen LogP contribution is -2.41. The van der Waals surface area contributed by atoms with E-state index in [0.29, 0.717) is 0 Å². The average molecular weight is 282 g/mol. The van der Waals surface area contributed by atoms with Crippen LogP contribution in [0.15, 0.2) is 42.5 Å². The van der Waals surface area contributed by atoms with Gasteiger partial charge in [0.25, 0.3) is 0 Å². The van der Waals surface area contributed by atoms with Gasteiger partial charge in [-0.25, -0.2) is 0 Å². The maximum Gasteiger partial charge on any atom is 0.116 e. The van der Waals surface area contributed by atoms with Crippen molar-refractivity contribution in [3.63, 3.8) is 0 Å². The van der Waals surface area contributed by atoms with Crippen LogP contribution in [0, 0.1) is 6.92 Å². The lowest BCUT2D eigenvalue weighted by atomic mass is 9.68. The highest BCUT2D eigenvalue weighted by Gasteiger charge is 2.46. The maximum atomic E-state index is 5.97. The van der Waals surface area contributed by atoms with Crippen molar-refractivity contribution < 1.29 is 9.47 Å². The van der Waals surface area contributed by atoms with Gasteiger partial charge in [0.1, 0.15) is 11.2 Å². The summed E-state index contributed by atoms with van der Waals surface area (Å²) in [7, 11) is 3.55. The van der Waals surface area contributed by atoms with Crippen LogP contribution in [0.5, 0.6) is 0 Å². The Hall–Kier alpha value is -1.64. The van der Waals surface area contributed by atoms with E-state index in [2.05, 4.69) is 63.2 Å². The number of fused-ring (bicyclic) bond motifs is 2. The molecule has 3 rings (SSSR count). The summed E-state index contributed by atoms with van der Waals surface area (Å²) in [6.07, 6.45) is 0. The van der Waals surface area contributed by atoms with Crippen LogP contribution >= 0.6 is 0 Å². The normalized spacial score (nSPS) is 27.1. The third kappa shape index (κ3) is 1.79. The topological polar surface area (TPSA) is 18.5 Å². The first-order valence-electron chi connectivity index (χ1n) is 7.29. The SMILES string of the molecule is CO[C@@]1(C)c2ccccc2[C@@](C)(OC)c2cc(C)ccc21. The number of methoxy groups -OCH3 is 2. The minimum Gasteiger partial charge on any atom is -0.369 e. The predicted octanol–water partition coefficient (Wildman–Crippen LogP) is 4.13. The summed E-state index contributed by atoms with van der Waals surface area (Å²) >= 11 is 0. The first-order valence-corrected chi connectivity index (χ1v) is 7.29. The highest BCUT2D eigenvalue weighted by Crippen LogP contribution is 2.50. The van der Waals surface area contributed by atoms with Gasteiger partial charge >= 0.3 is 0 Å². The van der Waals surface area contributed by atoms with E-state index in [1.165, 1.54) is 27.8 Å². The number of hydrogen-bond donors (Lipinski definition) is 0. The Morgan fingerprint density at radius 3 is 1.71 bits per heavy atom. The molecule has 21 heavy (non-hydrogen) atoms. The van der Waals surface area contributed by atoms with E-state index in [-0.39, 0.29) is 0 Å². The average Bonchev–Trinajstić information content (AvgIpc) is 2.52. The number of hydrogen-bond acceptors (Lipinski definition) is 2. The first kappa shape index (κ1) is 14.3. The van der Waals surface area contributed by atoms with E-state index in [9.17, 15) is 0 Å². The molecular formula is C19H22O2. The quantitative estimate of drug-likeness (QED) is 0.824. The molecule has 0 N–H and O–H groups in total. The number of rotatable bonds is 2. The Morgan fingerprint density at radius 2 is 1.19 bits per heavy atom. The Labute approximate surface area is 126 Å². The van der Waals surface area contributed by atoms with E-state index in [4.69, 9.17) is 9.47 Å². The zero-order chi connectivity index (χ0) is 15.3. The van der Waals surface area contributed by atoms with Crippen LogP contribution in [-0.4, -0.2) is 14.2 Å². The molecule has 0 saturated heterocycles. The van der Waals surface area contributed by atoms with E-state index in [1.807, 2.05) is 0 Å². The second-order valence-corrected chi connectivity index (χ2v) is 6.07. The third-order valence-electron chi connectivity index (χ3n) is 4.97. The van der Waals surface area contributed by atoms with Gasteiger partial charge in [0.05, 0.1) is 0 Å². The van der Waals surface area contributed by atoms with Crippen molar-refractivity contribution in [2.75, 3.05) is 14.2 Å². The summed E-state index contributed by atoms with van der Waals surface area (Å²) in [6, 6.07) is 14.9. The standard InChI is InChI=1S/C19H22O2/c1-13-10-11-16-17(12-13)19(3,21-5)15-9-7-6-8-14(15)18(16,2)20-4/h6-12H,1-5H3/t18-,19+/m0/s1. The second-order valence-electron chi connectivity index (χ2n) is 6.07. The molecule has 2 heteroatoms. The fraction of sp³-hybridized carbons (Fsp3) is 0.368. The summed E-state index contributed by atoms with van der Waals surface area (Å²) in [6.45, 7) is 6.38. The van der Waals surface area contributed by atoms with Crippen molar-refractivity contribution in [3.8, 4) is 0 Å². The Kier molecular flexibility index (Phi) is 3.19. The molecule has 0 fully saturated rings. The van der Waals surface area contributed by atoms with Crippen molar-refractivity contribution in [2.45, 2.75) is 32.0 Å². The number of benzene rings is 2. The van der Waals surface area contributed by atoms with E-state index < -0.39 is 11.2 Å². The molecular weight excluding hydrogens is 260 g/mol. The van der Waals surface area contributed by atoms with Gasteiger partial charge in [-0.2, -0.15) is 0 Å². The van der Waals surface area contributed by atoms with Crippen LogP contribution in [0.25, 0.3) is 0 Å². The molecule has 0 amide bonds. The molecule has 1 aliphatic carbocycles. The molecule has 0 saturated carbocycles. The van der Waals surface area contributed by atoms with Crippen molar-refractivity contribution >= 4 is 0 Å². The summed E-state index contributed by atoms with van der Waals surface area (Å²) in [5.41, 5.74) is 5.05. The molecule has 110 valence electrons. The molecule has 0 radical (unpaired) electrons. The lowest BCUT2D eigenvalue weighted by Gasteiger charge is -2.45. The van der Waals surface area contributed by atoms with Gasteiger partial charge < -0.3 is 9.47 Å². The molecule has 0 spiro atoms. The largest absolute Gasteiger partial charge is 0.369 e. The van der Waals surface area contributed by atoms with Crippen molar-refractivity contribution in [3.05, 3.63) is 70.3 Å². The monoisotopic (exact) mass is 282 g/mol. The fourth-order valence-corrected chi connectivity index (χ4v) is 3.51. The highest BCUT2D eigenvalue weighted by atomic mass is 16.5. The molecule has 0 unspecified atom stereocenters. The molecule has 1 aliphatic rings. The lowest BCUT2D eigenvalue weighted by molar-refractivity contribution is -0.00364. The third-order valence-corrected chi connectivity index (χ3v) is 4.97. The first-order chi connectivity index (χ1) is 9.97. The van der Waals surface area contributed by atoms with Crippen LogP contribution in [0.3, 0.4) is 0 Å². The molecule has 0 heterocycles. The minimum atomic E-state index is -0.448. The molecule has 0 aliphatic heterocycles. The molecule has 2 nitrogen and oxygen atoms in total. The second kappa shape index (κ2) is 4.69. The Morgan fingerprint density at radius 1 is 0.714 bits per heavy atom. The summed E-state index contributed by atoms with van der Waals surface area (Å²) in [5.74, 6) is 0. The molecule has 0 aromatic heterocycles. The summed E-state index contributed by atoms with van der Waals surface area (Å²) < 4.78 is 11.9. The zero-order valence-corrected chi connectivity index (χ0v) is 13.4. The molecule has 2 aromatic rings. The Balaban J connectivity index is 2.42. The van der Waals surface area contributed by atoms with Crippen molar-refractivity contribution in [2.24, 2.45) is 0 Å². The maximum absolute atomic E-state index is 5.97. The van der Waals surface area contributed by atoms with Gasteiger partial charge in [0.2, 0.25) is 0 Å². The van der Waals surface area contributed by atoms with Crippen LogP contribution in [-0.2, 0) is 20.7 Å². The summed E-state index contributed by atoms with van der Waals surface area (Å²) in [4.78, 5) is 0. The van der Waals surface area contributed by atoms with Gasteiger partial charge in [0.15, 0.2) is 0 Å². The van der Waals surface area contributed by atoms with Gasteiger partial charge in [-0.3, -0.25) is 0 Å². The number of ether oxygens (including phenoxy) is 2. The van der Waals surface area contributed by atoms with E-state index >= 15 is 0 Å². The van der Waals surface area contributed by atoms with Crippen LogP contribution in [0.4, 0.5) is 0 Å². The van der Waals surface area contributed by atoms with Crippen molar-refractivity contribution in [1.82, 2.24) is 0 Å². The van der Waals surface area contributed by atoms with Crippen LogP contribution < -0.4 is 0 Å². The highest BCUT2D eigenvalue weighted by molar-refractivity contribution is 5.57. The van der Waals surface area contributed by atoms with Gasteiger partial charge in [-0.15, -0.1) is 0 Å². The Bertz CT molecular complexity index is 692. The summed E-state index contributed by atoms with van der Waals surface area (Å²) in [5, 5.41) is 0. The van der Waals surface area contributed by atoms with Crippen LogP contribution in [0.2, 0.25) is 0 Å². The smallest absolute Gasteiger partial charge is 0.116 e. The number of aryl methyl sites for hydroxylation is 1. The van der Waals surface area contributed by atoms with E-state index in [1.54, 1.807) is 14.2 Å². The van der Waals surface area contributed by atoms with Crippen molar-refractivity contribution in [1.29, 1.82) is 0 Å². The minimum absolute atomic E-state index is 0.447. The fourth-order valence-electron chi connectivity index (χ4n) is 3.51. The predicted molar refractivity (Wildman–Crippen MR) is 84.5 cm³/mol. The van der Waals surface area contributed by atoms with Gasteiger partial charge in [-0.1, -0.05) is 48.0 Å². The van der Waals surface area contributed by atoms with Gasteiger partial charge in [0, 0.05) is 14.2 Å². The molecule has 0 bridgehead atoms. The molecule has 2 aromatic carbocycles.